The van der Waals surface area contributed by atoms with Crippen molar-refractivity contribution in [3.63, 3.8) is 0 Å². The van der Waals surface area contributed by atoms with Gasteiger partial charge in [0.1, 0.15) is 16.5 Å². The minimum absolute atomic E-state index is 0.117. The molecule has 1 aliphatic heterocycles. The molecule has 3 aromatic carbocycles. The number of rotatable bonds is 5. The molecular formula is C23H12Cl4FN3O3. The molecule has 0 aromatic heterocycles. The van der Waals surface area contributed by atoms with Crippen molar-refractivity contribution in [2.24, 2.45) is 0 Å². The summed E-state index contributed by atoms with van der Waals surface area (Å²) in [4.78, 5) is 38.8. The molecule has 0 unspecified atom stereocenters. The molecule has 0 bridgehead atoms. The minimum atomic E-state index is -0.721. The second-order valence-corrected chi connectivity index (χ2v) is 8.62. The van der Waals surface area contributed by atoms with Gasteiger partial charge in [-0.05, 0) is 60.7 Å². The first-order chi connectivity index (χ1) is 16.2. The Morgan fingerprint density at radius 3 is 2.09 bits per heavy atom. The molecule has 0 atom stereocenters. The first kappa shape index (κ1) is 24.0. The number of benzene rings is 3. The summed E-state index contributed by atoms with van der Waals surface area (Å²) in [5, 5.41) is 5.45. The van der Waals surface area contributed by atoms with Gasteiger partial charge in [0.15, 0.2) is 0 Å². The van der Waals surface area contributed by atoms with Gasteiger partial charge in [0.25, 0.3) is 17.7 Å². The lowest BCUT2D eigenvalue weighted by Gasteiger charge is -2.15. The fourth-order valence-corrected chi connectivity index (χ4v) is 3.78. The van der Waals surface area contributed by atoms with Gasteiger partial charge in [0.2, 0.25) is 0 Å². The van der Waals surface area contributed by atoms with Crippen LogP contribution in [0.3, 0.4) is 0 Å². The summed E-state index contributed by atoms with van der Waals surface area (Å²) < 4.78 is 13.3. The Hall–Kier alpha value is -3.10. The molecule has 0 fully saturated rings. The number of hydrogen-bond donors (Lipinski definition) is 2. The van der Waals surface area contributed by atoms with E-state index in [1.54, 1.807) is 0 Å². The zero-order chi connectivity index (χ0) is 24.6. The Balaban J connectivity index is 1.48. The average Bonchev–Trinajstić information content (AvgIpc) is 3.02. The molecule has 4 rings (SSSR count). The zero-order valence-electron chi connectivity index (χ0n) is 16.8. The summed E-state index contributed by atoms with van der Waals surface area (Å²) in [7, 11) is 0. The van der Waals surface area contributed by atoms with E-state index in [1.807, 2.05) is 0 Å². The number of hydrogen-bond acceptors (Lipinski definition) is 4. The highest BCUT2D eigenvalue weighted by atomic mass is 35.5. The molecular weight excluding hydrogens is 527 g/mol. The summed E-state index contributed by atoms with van der Waals surface area (Å²) in [5.41, 5.74) is 1.11. The zero-order valence-corrected chi connectivity index (χ0v) is 19.9. The van der Waals surface area contributed by atoms with Crippen molar-refractivity contribution in [3.8, 4) is 0 Å². The fraction of sp³-hybridized carbons (Fsp3) is 0. The smallest absolute Gasteiger partial charge is 0.283 e. The quantitative estimate of drug-likeness (QED) is 0.365. The Labute approximate surface area is 212 Å². The van der Waals surface area contributed by atoms with Crippen LogP contribution in [0.2, 0.25) is 15.1 Å². The number of carbonyl (C=O) groups excluding carboxylic acids is 3. The lowest BCUT2D eigenvalue weighted by Crippen LogP contribution is -2.32. The maximum Gasteiger partial charge on any atom is 0.283 e. The summed E-state index contributed by atoms with van der Waals surface area (Å²) in [6, 6.07) is 14.2. The monoisotopic (exact) mass is 537 g/mol. The van der Waals surface area contributed by atoms with Gasteiger partial charge in [-0.3, -0.25) is 14.4 Å². The molecule has 1 heterocycles. The molecule has 0 saturated heterocycles. The van der Waals surface area contributed by atoms with Crippen LogP contribution in [0, 0.1) is 5.82 Å². The number of carbonyl (C=O) groups is 3. The third-order valence-corrected chi connectivity index (χ3v) is 6.16. The van der Waals surface area contributed by atoms with E-state index >= 15 is 0 Å². The molecule has 1 aliphatic rings. The number of halogens is 5. The van der Waals surface area contributed by atoms with Gasteiger partial charge in [-0.25, -0.2) is 9.29 Å². The van der Waals surface area contributed by atoms with E-state index in [2.05, 4.69) is 10.6 Å². The lowest BCUT2D eigenvalue weighted by molar-refractivity contribution is -0.120. The van der Waals surface area contributed by atoms with Gasteiger partial charge < -0.3 is 10.6 Å². The Bertz CT molecular complexity index is 1380. The molecule has 0 saturated carbocycles. The van der Waals surface area contributed by atoms with Crippen LogP contribution in [-0.4, -0.2) is 17.7 Å². The third-order valence-electron chi connectivity index (χ3n) is 4.78. The second-order valence-electron chi connectivity index (χ2n) is 7.02. The van der Waals surface area contributed by atoms with Crippen molar-refractivity contribution >= 4 is 81.2 Å². The van der Waals surface area contributed by atoms with E-state index < -0.39 is 23.5 Å². The van der Waals surface area contributed by atoms with Crippen LogP contribution in [0.1, 0.15) is 10.4 Å². The number of imide groups is 1. The van der Waals surface area contributed by atoms with Crippen LogP contribution in [0.5, 0.6) is 0 Å². The second kappa shape index (κ2) is 9.64. The van der Waals surface area contributed by atoms with Crippen molar-refractivity contribution in [1.82, 2.24) is 0 Å². The fourth-order valence-electron chi connectivity index (χ4n) is 3.10. The maximum atomic E-state index is 13.3. The number of anilines is 3. The van der Waals surface area contributed by atoms with Gasteiger partial charge in [-0.1, -0.05) is 46.4 Å². The number of amides is 3. The van der Waals surface area contributed by atoms with Crippen molar-refractivity contribution in [2.75, 3.05) is 15.5 Å². The Morgan fingerprint density at radius 1 is 0.765 bits per heavy atom. The normalized spacial score (nSPS) is 13.5. The highest BCUT2D eigenvalue weighted by Crippen LogP contribution is 2.33. The van der Waals surface area contributed by atoms with Gasteiger partial charge in [0.05, 0.1) is 20.8 Å². The number of nitrogens with zero attached hydrogens (tertiary/aromatic N) is 1. The van der Waals surface area contributed by atoms with Gasteiger partial charge in [0, 0.05) is 16.9 Å². The standard InChI is InChI=1S/C23H12Cl4FN3O3/c24-15-7-6-14(10-16(15)25)31-22(33)19(27)20(23(31)34)29-12-3-1-11(2-4-12)21(32)30-13-5-8-18(28)17(26)9-13/h1-10,29H,(H,30,32). The van der Waals surface area contributed by atoms with Crippen molar-refractivity contribution in [3.05, 3.63) is 97.8 Å². The minimum Gasteiger partial charge on any atom is -0.350 e. The Morgan fingerprint density at radius 2 is 1.44 bits per heavy atom. The molecule has 2 N–H and O–H groups in total. The van der Waals surface area contributed by atoms with Gasteiger partial charge >= 0.3 is 0 Å². The van der Waals surface area contributed by atoms with Crippen LogP contribution in [0.25, 0.3) is 0 Å². The molecule has 34 heavy (non-hydrogen) atoms. The summed E-state index contributed by atoms with van der Waals surface area (Å²) in [5.74, 6) is -2.45. The number of nitrogens with one attached hydrogen (secondary N) is 2. The molecule has 0 aliphatic carbocycles. The van der Waals surface area contributed by atoms with Crippen LogP contribution in [0.15, 0.2) is 71.4 Å². The first-order valence-electron chi connectivity index (χ1n) is 9.53. The highest BCUT2D eigenvalue weighted by Gasteiger charge is 2.39. The SMILES string of the molecule is O=C(Nc1ccc(F)c(Cl)c1)c1ccc(NC2=C(Cl)C(=O)N(c3ccc(Cl)c(Cl)c3)C2=O)cc1. The van der Waals surface area contributed by atoms with Crippen molar-refractivity contribution < 1.29 is 18.8 Å². The maximum absolute atomic E-state index is 13.3. The van der Waals surface area contributed by atoms with E-state index in [0.29, 0.717) is 11.4 Å². The first-order valence-corrected chi connectivity index (χ1v) is 11.0. The molecule has 6 nitrogen and oxygen atoms in total. The summed E-state index contributed by atoms with van der Waals surface area (Å²) in [6.07, 6.45) is 0. The van der Waals surface area contributed by atoms with E-state index in [0.717, 1.165) is 11.0 Å². The van der Waals surface area contributed by atoms with Crippen molar-refractivity contribution in [2.45, 2.75) is 0 Å². The predicted octanol–water partition coefficient (Wildman–Crippen LogP) is 6.47. The highest BCUT2D eigenvalue weighted by molar-refractivity contribution is 6.53. The molecule has 0 spiro atoms. The van der Waals surface area contributed by atoms with Gasteiger partial charge in [-0.15, -0.1) is 0 Å². The third kappa shape index (κ3) is 4.74. The molecule has 172 valence electrons. The van der Waals surface area contributed by atoms with E-state index in [-0.39, 0.29) is 37.0 Å². The average molecular weight is 539 g/mol. The van der Waals surface area contributed by atoms with Crippen LogP contribution >= 0.6 is 46.4 Å². The van der Waals surface area contributed by atoms with E-state index in [4.69, 9.17) is 46.4 Å². The largest absolute Gasteiger partial charge is 0.350 e. The van der Waals surface area contributed by atoms with E-state index in [9.17, 15) is 18.8 Å². The molecule has 11 heteroatoms. The van der Waals surface area contributed by atoms with Crippen LogP contribution in [-0.2, 0) is 9.59 Å². The topological polar surface area (TPSA) is 78.5 Å². The van der Waals surface area contributed by atoms with Gasteiger partial charge in [-0.2, -0.15) is 0 Å². The summed E-state index contributed by atoms with van der Waals surface area (Å²) in [6.45, 7) is 0. The predicted molar refractivity (Wildman–Crippen MR) is 131 cm³/mol. The lowest BCUT2D eigenvalue weighted by atomic mass is 10.2. The molecule has 0 radical (unpaired) electrons. The Kier molecular flexibility index (Phi) is 6.81. The van der Waals surface area contributed by atoms with Crippen LogP contribution in [0.4, 0.5) is 21.5 Å². The van der Waals surface area contributed by atoms with E-state index in [1.165, 1.54) is 54.6 Å². The van der Waals surface area contributed by atoms with Crippen molar-refractivity contribution in [1.29, 1.82) is 0 Å². The van der Waals surface area contributed by atoms with Crippen LogP contribution < -0.4 is 15.5 Å². The summed E-state index contributed by atoms with van der Waals surface area (Å²) >= 11 is 23.8. The molecule has 3 aromatic rings. The molecule has 3 amide bonds.